The Morgan fingerprint density at radius 1 is 1.62 bits per heavy atom. The number of rotatable bonds is 6. The predicted octanol–water partition coefficient (Wildman–Crippen LogP) is -0.0669. The van der Waals surface area contributed by atoms with Crippen LogP contribution in [0.2, 0.25) is 5.02 Å². The lowest BCUT2D eigenvalue weighted by atomic mass is 10.1. The smallest absolute Gasteiger partial charge is 0.0925 e. The van der Waals surface area contributed by atoms with Crippen LogP contribution in [0.3, 0.4) is 0 Å². The molecule has 0 aromatic carbocycles. The van der Waals surface area contributed by atoms with Gasteiger partial charge in [-0.1, -0.05) is 11.6 Å². The molecule has 2 rings (SSSR count). The van der Waals surface area contributed by atoms with Gasteiger partial charge in [-0.25, -0.2) is 5.43 Å². The Morgan fingerprint density at radius 3 is 3.00 bits per heavy atom. The number of aromatic nitrogens is 2. The van der Waals surface area contributed by atoms with Gasteiger partial charge in [0.15, 0.2) is 0 Å². The van der Waals surface area contributed by atoms with Gasteiger partial charge in [-0.2, -0.15) is 5.10 Å². The molecule has 120 valence electrons. The first-order valence-corrected chi connectivity index (χ1v) is 7.53. The Hall–Kier alpha value is -0.700. The fourth-order valence-electron chi connectivity index (χ4n) is 2.53. The maximum Gasteiger partial charge on any atom is 0.0925 e. The third kappa shape index (κ3) is 4.15. The third-order valence-corrected chi connectivity index (χ3v) is 4.03. The summed E-state index contributed by atoms with van der Waals surface area (Å²) in [6.07, 6.45) is 1.63. The zero-order valence-electron chi connectivity index (χ0n) is 12.9. The highest BCUT2D eigenvalue weighted by molar-refractivity contribution is 6.31. The summed E-state index contributed by atoms with van der Waals surface area (Å²) >= 11 is 6.33. The first-order chi connectivity index (χ1) is 10.0. The molecule has 0 bridgehead atoms. The Kier molecular flexibility index (Phi) is 5.98. The van der Waals surface area contributed by atoms with Gasteiger partial charge in [-0.15, -0.1) is 0 Å². The van der Waals surface area contributed by atoms with Crippen LogP contribution in [0, 0.1) is 0 Å². The summed E-state index contributed by atoms with van der Waals surface area (Å²) in [6, 6.07) is -0.176. The highest BCUT2D eigenvalue weighted by atomic mass is 35.5. The van der Waals surface area contributed by atoms with Crippen molar-refractivity contribution < 1.29 is 4.74 Å². The maximum absolute atomic E-state index is 6.33. The molecule has 3 N–H and O–H groups in total. The summed E-state index contributed by atoms with van der Waals surface area (Å²) in [4.78, 5) is 4.34. The van der Waals surface area contributed by atoms with E-state index in [0.29, 0.717) is 11.6 Å². The molecule has 0 amide bonds. The van der Waals surface area contributed by atoms with Gasteiger partial charge in [0.2, 0.25) is 0 Å². The monoisotopic (exact) mass is 316 g/mol. The average molecular weight is 317 g/mol. The molecule has 1 saturated heterocycles. The van der Waals surface area contributed by atoms with Crippen LogP contribution in [0.4, 0.5) is 0 Å². The van der Waals surface area contributed by atoms with Gasteiger partial charge >= 0.3 is 0 Å². The summed E-state index contributed by atoms with van der Waals surface area (Å²) in [7, 11) is 6.14. The molecule has 2 heterocycles. The van der Waals surface area contributed by atoms with E-state index in [1.165, 1.54) is 0 Å². The molecule has 0 saturated carbocycles. The number of morpholine rings is 1. The van der Waals surface area contributed by atoms with Crippen LogP contribution >= 0.6 is 11.6 Å². The molecule has 1 aliphatic heterocycles. The topological polar surface area (TPSA) is 71.6 Å². The highest BCUT2D eigenvalue weighted by Crippen LogP contribution is 2.27. The van der Waals surface area contributed by atoms with E-state index < -0.39 is 0 Å². The van der Waals surface area contributed by atoms with Gasteiger partial charge in [0.1, 0.15) is 0 Å². The number of hydrogen-bond acceptors (Lipinski definition) is 6. The Bertz CT molecular complexity index is 452. The van der Waals surface area contributed by atoms with Crippen molar-refractivity contribution in [1.29, 1.82) is 0 Å². The molecule has 2 unspecified atom stereocenters. The number of hydrazine groups is 1. The van der Waals surface area contributed by atoms with Crippen LogP contribution in [0.15, 0.2) is 6.20 Å². The number of hydrogen-bond donors (Lipinski definition) is 2. The van der Waals surface area contributed by atoms with Crippen molar-refractivity contribution in [1.82, 2.24) is 25.0 Å². The highest BCUT2D eigenvalue weighted by Gasteiger charge is 2.31. The molecule has 0 aliphatic carbocycles. The van der Waals surface area contributed by atoms with Crippen molar-refractivity contribution in [2.24, 2.45) is 5.84 Å². The second kappa shape index (κ2) is 7.53. The van der Waals surface area contributed by atoms with E-state index in [-0.39, 0.29) is 12.1 Å². The van der Waals surface area contributed by atoms with Crippen LogP contribution in [-0.2, 0) is 11.3 Å². The number of ether oxygens (including phenoxy) is 1. The Labute approximate surface area is 130 Å². The lowest BCUT2D eigenvalue weighted by Crippen LogP contribution is -2.49. The second-order valence-corrected chi connectivity index (χ2v) is 6.13. The summed E-state index contributed by atoms with van der Waals surface area (Å²) in [5, 5.41) is 4.98. The van der Waals surface area contributed by atoms with E-state index in [4.69, 9.17) is 22.2 Å². The molecule has 21 heavy (non-hydrogen) atoms. The third-order valence-electron chi connectivity index (χ3n) is 3.73. The molecule has 1 fully saturated rings. The van der Waals surface area contributed by atoms with Crippen molar-refractivity contribution in [3.63, 3.8) is 0 Å². The van der Waals surface area contributed by atoms with Crippen LogP contribution in [0.25, 0.3) is 0 Å². The molecule has 0 radical (unpaired) electrons. The number of nitrogens with two attached hydrogens (primary N) is 1. The molecule has 8 heteroatoms. The quantitative estimate of drug-likeness (QED) is 0.566. The first-order valence-electron chi connectivity index (χ1n) is 7.15. The Morgan fingerprint density at radius 2 is 2.38 bits per heavy atom. The van der Waals surface area contributed by atoms with Crippen molar-refractivity contribution in [2.75, 3.05) is 47.4 Å². The average Bonchev–Trinajstić information content (AvgIpc) is 2.79. The van der Waals surface area contributed by atoms with Crippen molar-refractivity contribution in [2.45, 2.75) is 18.7 Å². The largest absolute Gasteiger partial charge is 0.373 e. The fraction of sp³-hybridized carbons (Fsp3) is 0.769. The van der Waals surface area contributed by atoms with E-state index in [0.717, 1.165) is 31.9 Å². The van der Waals surface area contributed by atoms with Crippen molar-refractivity contribution >= 4 is 11.6 Å². The molecule has 1 aromatic rings. The van der Waals surface area contributed by atoms with E-state index in [1.807, 2.05) is 18.8 Å². The van der Waals surface area contributed by atoms with Crippen LogP contribution in [-0.4, -0.2) is 73.1 Å². The summed E-state index contributed by atoms with van der Waals surface area (Å²) in [5.41, 5.74) is 3.74. The zero-order valence-corrected chi connectivity index (χ0v) is 13.7. The molecule has 1 aliphatic rings. The SMILES string of the molecule is CN(C)CCn1ncc(Cl)c1C(NN)C1CN(C)CCO1. The molecule has 2 atom stereocenters. The molecule has 0 spiro atoms. The minimum Gasteiger partial charge on any atom is -0.373 e. The fourth-order valence-corrected chi connectivity index (χ4v) is 2.79. The lowest BCUT2D eigenvalue weighted by Gasteiger charge is -2.35. The van der Waals surface area contributed by atoms with Gasteiger partial charge < -0.3 is 14.5 Å². The van der Waals surface area contributed by atoms with Gasteiger partial charge in [0, 0.05) is 19.6 Å². The molecule has 1 aromatic heterocycles. The molecular formula is C13H25ClN6O. The number of nitrogens with one attached hydrogen (secondary N) is 1. The van der Waals surface area contributed by atoms with Crippen molar-refractivity contribution in [3.05, 3.63) is 16.9 Å². The molecule has 7 nitrogen and oxygen atoms in total. The van der Waals surface area contributed by atoms with E-state index in [2.05, 4.69) is 27.4 Å². The van der Waals surface area contributed by atoms with Gasteiger partial charge in [-0.3, -0.25) is 10.5 Å². The number of halogens is 1. The predicted molar refractivity (Wildman–Crippen MR) is 83.1 cm³/mol. The van der Waals surface area contributed by atoms with E-state index in [1.54, 1.807) is 6.20 Å². The van der Waals surface area contributed by atoms with Gasteiger partial charge in [-0.05, 0) is 21.1 Å². The zero-order chi connectivity index (χ0) is 15.4. The lowest BCUT2D eigenvalue weighted by molar-refractivity contribution is -0.0407. The number of likely N-dealkylation sites (N-methyl/N-ethyl adjacent to an activating group) is 2. The Balaban J connectivity index is 2.18. The van der Waals surface area contributed by atoms with Gasteiger partial charge in [0.05, 0.1) is 42.2 Å². The van der Waals surface area contributed by atoms with E-state index in [9.17, 15) is 0 Å². The standard InChI is InChI=1S/C13H25ClN6O/c1-18(2)4-5-20-13(10(14)8-16-20)12(17-15)11-9-19(3)6-7-21-11/h8,11-12,17H,4-7,9,15H2,1-3H3. The minimum atomic E-state index is -0.176. The maximum atomic E-state index is 6.33. The molecular weight excluding hydrogens is 292 g/mol. The number of nitrogens with zero attached hydrogens (tertiary/aromatic N) is 4. The van der Waals surface area contributed by atoms with E-state index >= 15 is 0 Å². The minimum absolute atomic E-state index is 0.0407. The van der Waals surface area contributed by atoms with Crippen LogP contribution in [0.1, 0.15) is 11.7 Å². The summed E-state index contributed by atoms with van der Waals surface area (Å²) in [6.45, 7) is 4.08. The van der Waals surface area contributed by atoms with Crippen LogP contribution in [0.5, 0.6) is 0 Å². The van der Waals surface area contributed by atoms with Crippen molar-refractivity contribution in [3.8, 4) is 0 Å². The summed E-state index contributed by atoms with van der Waals surface area (Å²) < 4.78 is 7.77. The first kappa shape index (κ1) is 16.7. The van der Waals surface area contributed by atoms with Gasteiger partial charge in [0.25, 0.3) is 0 Å². The summed E-state index contributed by atoms with van der Waals surface area (Å²) in [5.74, 6) is 5.78. The van der Waals surface area contributed by atoms with Crippen LogP contribution < -0.4 is 11.3 Å². The second-order valence-electron chi connectivity index (χ2n) is 5.72. The normalized spacial score (nSPS) is 21.9.